The molecule has 0 radical (unpaired) electrons. The molecule has 0 aromatic carbocycles. The predicted molar refractivity (Wildman–Crippen MR) is 75.8 cm³/mol. The molecule has 0 aromatic rings. The minimum absolute atomic E-state index is 0.0649. The van der Waals surface area contributed by atoms with Gasteiger partial charge in [0.15, 0.2) is 6.10 Å². The van der Waals surface area contributed by atoms with Crippen molar-refractivity contribution in [1.82, 2.24) is 0 Å². The fourth-order valence-corrected chi connectivity index (χ4v) is 2.28. The van der Waals surface area contributed by atoms with Crippen LogP contribution in [0.2, 0.25) is 0 Å². The Morgan fingerprint density at radius 1 is 1.21 bits per heavy atom. The molecule has 114 valence electrons. The molecule has 0 saturated carbocycles. The van der Waals surface area contributed by atoms with Gasteiger partial charge in [-0.3, -0.25) is 0 Å². The van der Waals surface area contributed by atoms with E-state index in [2.05, 4.69) is 27.7 Å². The van der Waals surface area contributed by atoms with Crippen molar-refractivity contribution in [1.29, 1.82) is 0 Å². The van der Waals surface area contributed by atoms with Gasteiger partial charge in [0, 0.05) is 0 Å². The van der Waals surface area contributed by atoms with Crippen molar-refractivity contribution in [2.24, 2.45) is 11.3 Å². The van der Waals surface area contributed by atoms with Gasteiger partial charge < -0.3 is 5.11 Å². The van der Waals surface area contributed by atoms with Crippen molar-refractivity contribution in [3.8, 4) is 0 Å². The molecule has 2 unspecified atom stereocenters. The number of hydrogen-bond donors (Lipinski definition) is 1. The highest BCUT2D eigenvalue weighted by atomic mass is 17.2. The minimum atomic E-state index is -0.968. The predicted octanol–water partition coefficient (Wildman–Crippen LogP) is 4.04. The molecule has 0 spiro atoms. The highest BCUT2D eigenvalue weighted by Gasteiger charge is 2.32. The van der Waals surface area contributed by atoms with E-state index in [9.17, 15) is 9.90 Å². The maximum atomic E-state index is 11.3. The maximum absolute atomic E-state index is 11.3. The van der Waals surface area contributed by atoms with E-state index in [0.717, 1.165) is 19.3 Å². The smallest absolute Gasteiger partial charge is 0.336 e. The van der Waals surface area contributed by atoms with Gasteiger partial charge in [0.05, 0.1) is 5.60 Å². The molecule has 4 heteroatoms. The van der Waals surface area contributed by atoms with E-state index in [0.29, 0.717) is 0 Å². The van der Waals surface area contributed by atoms with E-state index in [1.165, 1.54) is 0 Å². The third kappa shape index (κ3) is 8.22. The summed E-state index contributed by atoms with van der Waals surface area (Å²) >= 11 is 0. The zero-order valence-electron chi connectivity index (χ0n) is 13.4. The van der Waals surface area contributed by atoms with Gasteiger partial charge in [-0.2, -0.15) is 0 Å². The third-order valence-electron chi connectivity index (χ3n) is 2.92. The fourth-order valence-electron chi connectivity index (χ4n) is 2.28. The summed E-state index contributed by atoms with van der Waals surface area (Å²) in [5.74, 6) is -1.07. The highest BCUT2D eigenvalue weighted by Crippen LogP contribution is 2.28. The number of aliphatic carboxylic acids is 1. The zero-order chi connectivity index (χ0) is 15.3. The van der Waals surface area contributed by atoms with Gasteiger partial charge in [0.25, 0.3) is 0 Å². The van der Waals surface area contributed by atoms with Crippen LogP contribution in [-0.4, -0.2) is 22.8 Å². The number of carboxylic acid groups (broad SMARTS) is 1. The molecule has 0 amide bonds. The molecule has 0 rings (SSSR count). The molecule has 0 aliphatic heterocycles. The first kappa shape index (κ1) is 18.4. The molecule has 1 N–H and O–H groups in total. The van der Waals surface area contributed by atoms with Crippen LogP contribution < -0.4 is 0 Å². The van der Waals surface area contributed by atoms with Gasteiger partial charge in [-0.1, -0.05) is 41.0 Å². The lowest BCUT2D eigenvalue weighted by molar-refractivity contribution is -0.379. The SMILES string of the molecule is CCCC(C)(C)OOC(C(=O)O)C(C)CC(C)(C)C. The zero-order valence-corrected chi connectivity index (χ0v) is 13.4. The van der Waals surface area contributed by atoms with E-state index in [-0.39, 0.29) is 11.3 Å². The average Bonchev–Trinajstić information content (AvgIpc) is 2.13. The van der Waals surface area contributed by atoms with Gasteiger partial charge in [-0.05, 0) is 38.0 Å². The topological polar surface area (TPSA) is 55.8 Å². The largest absolute Gasteiger partial charge is 0.479 e. The number of rotatable bonds is 8. The third-order valence-corrected chi connectivity index (χ3v) is 2.92. The summed E-state index contributed by atoms with van der Waals surface area (Å²) in [6.07, 6.45) is 1.63. The van der Waals surface area contributed by atoms with E-state index in [1.54, 1.807) is 0 Å². The summed E-state index contributed by atoms with van der Waals surface area (Å²) in [7, 11) is 0. The van der Waals surface area contributed by atoms with Gasteiger partial charge in [-0.15, -0.1) is 0 Å². The van der Waals surface area contributed by atoms with Crippen molar-refractivity contribution in [2.45, 2.75) is 79.4 Å². The molecule has 0 aliphatic rings. The molecule has 2 atom stereocenters. The summed E-state index contributed by atoms with van der Waals surface area (Å²) in [6, 6.07) is 0. The molecule has 0 heterocycles. The Balaban J connectivity index is 4.54. The second-order valence-corrected chi connectivity index (χ2v) is 7.19. The first-order valence-corrected chi connectivity index (χ1v) is 7.06. The van der Waals surface area contributed by atoms with Crippen molar-refractivity contribution in [3.05, 3.63) is 0 Å². The molecule has 0 aromatic heterocycles. The maximum Gasteiger partial charge on any atom is 0.336 e. The van der Waals surface area contributed by atoms with Crippen LogP contribution in [0.25, 0.3) is 0 Å². The van der Waals surface area contributed by atoms with Crippen LogP contribution >= 0.6 is 0 Å². The van der Waals surface area contributed by atoms with E-state index < -0.39 is 17.7 Å². The molecule has 0 fully saturated rings. The second-order valence-electron chi connectivity index (χ2n) is 7.19. The van der Waals surface area contributed by atoms with Gasteiger partial charge in [-0.25, -0.2) is 14.6 Å². The van der Waals surface area contributed by atoms with E-state index >= 15 is 0 Å². The highest BCUT2D eigenvalue weighted by molar-refractivity contribution is 5.72. The van der Waals surface area contributed by atoms with Crippen LogP contribution in [0.5, 0.6) is 0 Å². The summed E-state index contributed by atoms with van der Waals surface area (Å²) in [5, 5.41) is 9.26. The monoisotopic (exact) mass is 274 g/mol. The van der Waals surface area contributed by atoms with Gasteiger partial charge >= 0.3 is 5.97 Å². The Kier molecular flexibility index (Phi) is 7.01. The number of hydrogen-bond acceptors (Lipinski definition) is 3. The molecular formula is C15H30O4. The normalized spacial score (nSPS) is 16.2. The summed E-state index contributed by atoms with van der Waals surface area (Å²) in [4.78, 5) is 21.9. The van der Waals surface area contributed by atoms with Crippen LogP contribution in [-0.2, 0) is 14.6 Å². The lowest BCUT2D eigenvalue weighted by Gasteiger charge is -2.30. The quantitative estimate of drug-likeness (QED) is 0.536. The van der Waals surface area contributed by atoms with Crippen LogP contribution in [0.15, 0.2) is 0 Å². The van der Waals surface area contributed by atoms with Crippen LogP contribution in [0.4, 0.5) is 0 Å². The van der Waals surface area contributed by atoms with Crippen molar-refractivity contribution in [3.63, 3.8) is 0 Å². The van der Waals surface area contributed by atoms with Crippen LogP contribution in [0.1, 0.15) is 67.7 Å². The fraction of sp³-hybridized carbons (Fsp3) is 0.933. The molecule has 4 nitrogen and oxygen atoms in total. The van der Waals surface area contributed by atoms with Crippen molar-refractivity contribution in [2.75, 3.05) is 0 Å². The Morgan fingerprint density at radius 3 is 2.11 bits per heavy atom. The minimum Gasteiger partial charge on any atom is -0.479 e. The molecule has 19 heavy (non-hydrogen) atoms. The van der Waals surface area contributed by atoms with E-state index in [4.69, 9.17) is 9.78 Å². The summed E-state index contributed by atoms with van der Waals surface area (Å²) in [5.41, 5.74) is -0.390. The van der Waals surface area contributed by atoms with E-state index in [1.807, 2.05) is 20.8 Å². The number of carbonyl (C=O) groups is 1. The molecule has 0 bridgehead atoms. The summed E-state index contributed by atoms with van der Waals surface area (Å²) < 4.78 is 0. The molecule has 0 saturated heterocycles. The van der Waals surface area contributed by atoms with Crippen molar-refractivity contribution >= 4 is 5.97 Å². The standard InChI is InChI=1S/C15H30O4/c1-8-9-15(6,7)19-18-12(13(16)17)11(2)10-14(3,4)5/h11-12H,8-10H2,1-7H3,(H,16,17). The first-order valence-electron chi connectivity index (χ1n) is 7.06. The van der Waals surface area contributed by atoms with Gasteiger partial charge in [0.1, 0.15) is 0 Å². The number of carboxylic acids is 1. The van der Waals surface area contributed by atoms with Crippen LogP contribution in [0.3, 0.4) is 0 Å². The lowest BCUT2D eigenvalue weighted by atomic mass is 9.83. The average molecular weight is 274 g/mol. The molecular weight excluding hydrogens is 244 g/mol. The van der Waals surface area contributed by atoms with Gasteiger partial charge in [0.2, 0.25) is 0 Å². The Labute approximate surface area is 117 Å². The molecule has 0 aliphatic carbocycles. The van der Waals surface area contributed by atoms with Crippen molar-refractivity contribution < 1.29 is 19.7 Å². The Morgan fingerprint density at radius 2 is 1.74 bits per heavy atom. The Bertz CT molecular complexity index is 278. The Hall–Kier alpha value is -0.610. The lowest BCUT2D eigenvalue weighted by Crippen LogP contribution is -2.36. The van der Waals surface area contributed by atoms with Crippen LogP contribution in [0, 0.1) is 11.3 Å². The second kappa shape index (κ2) is 7.25. The summed E-state index contributed by atoms with van der Waals surface area (Å²) in [6.45, 7) is 14.0. The first-order chi connectivity index (χ1) is 8.48.